The molecule has 0 aromatic heterocycles. The molecule has 0 aromatic carbocycles. The third kappa shape index (κ3) is 58.7. The highest BCUT2D eigenvalue weighted by atomic mass is 31.2. The fraction of sp³-hybridized carbons (Fsp3) is 0.923. The van der Waals surface area contributed by atoms with E-state index in [1.807, 2.05) is 21.1 Å². The average Bonchev–Trinajstić information content (AvgIpc) is 3.36. The summed E-state index contributed by atoms with van der Waals surface area (Å²) in [5, 5.41) is 14.0. The second-order valence-electron chi connectivity index (χ2n) is 23.8. The van der Waals surface area contributed by atoms with Crippen molar-refractivity contribution in [1.82, 2.24) is 5.32 Å². The molecular weight excluding hydrogens is 936 g/mol. The van der Waals surface area contributed by atoms with Crippen LogP contribution in [0.25, 0.3) is 0 Å². The van der Waals surface area contributed by atoms with Crippen molar-refractivity contribution in [3.05, 3.63) is 24.3 Å². The number of amides is 1. The van der Waals surface area contributed by atoms with E-state index >= 15 is 0 Å². The molecule has 0 fully saturated rings. The fourth-order valence-electron chi connectivity index (χ4n) is 10.1. The molecule has 8 nitrogen and oxygen atoms in total. The van der Waals surface area contributed by atoms with E-state index in [9.17, 15) is 19.4 Å². The first-order chi connectivity index (χ1) is 36.0. The lowest BCUT2D eigenvalue weighted by Crippen LogP contribution is -2.46. The van der Waals surface area contributed by atoms with E-state index < -0.39 is 20.0 Å². The normalized spacial score (nSPS) is 13.9. The molecule has 0 heterocycles. The summed E-state index contributed by atoms with van der Waals surface area (Å²) in [7, 11) is 1.32. The molecule has 0 rings (SSSR count). The Hall–Kier alpha value is -1.02. The number of aliphatic hydroxyl groups excluding tert-OH is 1. The molecule has 0 aliphatic carbocycles. The van der Waals surface area contributed by atoms with Gasteiger partial charge in [0.1, 0.15) is 13.2 Å². The van der Waals surface area contributed by atoms with Crippen molar-refractivity contribution >= 4 is 13.7 Å². The van der Waals surface area contributed by atoms with Crippen molar-refractivity contribution in [3.8, 4) is 0 Å². The van der Waals surface area contributed by atoms with Crippen LogP contribution in [-0.4, -0.2) is 68.5 Å². The Morgan fingerprint density at radius 1 is 0.473 bits per heavy atom. The lowest BCUT2D eigenvalue weighted by molar-refractivity contribution is -0.870. The first-order valence-corrected chi connectivity index (χ1v) is 34.1. The molecule has 9 heteroatoms. The molecule has 0 aliphatic heterocycles. The Morgan fingerprint density at radius 2 is 0.784 bits per heavy atom. The van der Waals surface area contributed by atoms with Crippen molar-refractivity contribution in [3.63, 3.8) is 0 Å². The standard InChI is InChI=1S/C65H129N2O6P/c1-6-8-10-12-14-16-18-20-22-23-24-25-26-27-28-29-30-31-32-33-34-35-36-37-38-39-40-41-42-43-45-47-49-51-53-55-57-59-65(69)66-63(62-73-74(70,71)72-61-60-67(3,4)5)64(68)58-56-54-52-50-48-46-44-21-19-17-15-13-11-9-7-2/h18,20,23-24,63-64,68H,6-17,19,21-22,25-62H2,1-5H3,(H-,66,69,70,71)/b20-18-,24-23-. The monoisotopic (exact) mass is 1060 g/mol. The first-order valence-electron chi connectivity index (χ1n) is 32.7. The van der Waals surface area contributed by atoms with Gasteiger partial charge in [0.25, 0.3) is 7.82 Å². The van der Waals surface area contributed by atoms with Crippen molar-refractivity contribution in [1.29, 1.82) is 0 Å². The maximum atomic E-state index is 13.0. The summed E-state index contributed by atoms with van der Waals surface area (Å²) < 4.78 is 23.4. The largest absolute Gasteiger partial charge is 0.756 e. The zero-order chi connectivity index (χ0) is 54.2. The summed E-state index contributed by atoms with van der Waals surface area (Å²) in [6.45, 7) is 4.75. The van der Waals surface area contributed by atoms with Gasteiger partial charge in [-0.1, -0.05) is 308 Å². The van der Waals surface area contributed by atoms with Crippen LogP contribution in [0.15, 0.2) is 24.3 Å². The molecule has 74 heavy (non-hydrogen) atoms. The summed E-state index contributed by atoms with van der Waals surface area (Å²) in [4.78, 5) is 25.6. The minimum absolute atomic E-state index is 0.0152. The van der Waals surface area contributed by atoms with Crippen LogP contribution in [-0.2, 0) is 18.4 Å². The van der Waals surface area contributed by atoms with Gasteiger partial charge in [-0.3, -0.25) is 9.36 Å². The molecule has 0 bridgehead atoms. The van der Waals surface area contributed by atoms with E-state index in [0.717, 1.165) is 44.9 Å². The number of phosphoric ester groups is 1. The minimum Gasteiger partial charge on any atom is -0.756 e. The van der Waals surface area contributed by atoms with Crippen LogP contribution in [0, 0.1) is 0 Å². The van der Waals surface area contributed by atoms with Gasteiger partial charge in [-0.25, -0.2) is 0 Å². The predicted octanol–water partition coefficient (Wildman–Crippen LogP) is 19.7. The number of carbonyl (C=O) groups is 1. The number of allylic oxidation sites excluding steroid dienone is 4. The Labute approximate surface area is 462 Å². The number of aliphatic hydroxyl groups is 1. The van der Waals surface area contributed by atoms with Crippen molar-refractivity contribution in [2.45, 2.75) is 347 Å². The predicted molar refractivity (Wildman–Crippen MR) is 321 cm³/mol. The number of hydrogen-bond donors (Lipinski definition) is 2. The maximum Gasteiger partial charge on any atom is 0.268 e. The molecule has 3 unspecified atom stereocenters. The topological polar surface area (TPSA) is 108 Å². The van der Waals surface area contributed by atoms with E-state index in [-0.39, 0.29) is 19.1 Å². The van der Waals surface area contributed by atoms with Gasteiger partial charge in [-0.2, -0.15) is 0 Å². The maximum absolute atomic E-state index is 13.0. The van der Waals surface area contributed by atoms with Crippen LogP contribution in [0.4, 0.5) is 0 Å². The Morgan fingerprint density at radius 3 is 1.12 bits per heavy atom. The number of likely N-dealkylation sites (N-methyl/N-ethyl adjacent to an activating group) is 1. The molecular formula is C65H129N2O6P. The third-order valence-corrected chi connectivity index (χ3v) is 16.2. The molecule has 0 aliphatic rings. The summed E-state index contributed by atoms with van der Waals surface area (Å²) in [5.74, 6) is -0.158. The molecule has 0 radical (unpaired) electrons. The number of quaternary nitrogens is 1. The van der Waals surface area contributed by atoms with E-state index in [1.54, 1.807) is 0 Å². The van der Waals surface area contributed by atoms with Gasteiger partial charge < -0.3 is 28.8 Å². The number of phosphoric acid groups is 1. The van der Waals surface area contributed by atoms with Gasteiger partial charge in [0.15, 0.2) is 0 Å². The number of rotatable bonds is 61. The SMILES string of the molecule is CCCCCCC/C=C\C/C=C\CCCCCCCCCCCCCCCCCCCCCCCCCCCC(=O)NC(COP(=O)([O-])OCC[N+](C)(C)C)C(O)CCCCCCCCCCCCCCCCC. The first kappa shape index (κ1) is 73.0. The summed E-state index contributed by atoms with van der Waals surface area (Å²) >= 11 is 0. The zero-order valence-electron chi connectivity index (χ0n) is 50.3. The Balaban J connectivity index is 3.88. The summed E-state index contributed by atoms with van der Waals surface area (Å²) in [6.07, 6.45) is 72.5. The van der Waals surface area contributed by atoms with Crippen LogP contribution in [0.2, 0.25) is 0 Å². The highest BCUT2D eigenvalue weighted by Crippen LogP contribution is 2.38. The molecule has 2 N–H and O–H groups in total. The number of unbranched alkanes of at least 4 members (excludes halogenated alkanes) is 44. The average molecular weight is 1070 g/mol. The molecule has 3 atom stereocenters. The van der Waals surface area contributed by atoms with Crippen LogP contribution in [0.5, 0.6) is 0 Å². The highest BCUT2D eigenvalue weighted by Gasteiger charge is 2.24. The molecule has 1 amide bonds. The van der Waals surface area contributed by atoms with Crippen molar-refractivity contribution < 1.29 is 32.9 Å². The smallest absolute Gasteiger partial charge is 0.268 e. The van der Waals surface area contributed by atoms with Crippen molar-refractivity contribution in [2.24, 2.45) is 0 Å². The number of nitrogens with zero attached hydrogens (tertiary/aromatic N) is 1. The molecule has 0 aromatic rings. The van der Waals surface area contributed by atoms with E-state index in [2.05, 4.69) is 43.5 Å². The van der Waals surface area contributed by atoms with Gasteiger partial charge in [0.2, 0.25) is 5.91 Å². The number of hydrogen-bond acceptors (Lipinski definition) is 6. The quantitative estimate of drug-likeness (QED) is 0.0272. The number of nitrogens with one attached hydrogen (secondary N) is 1. The van der Waals surface area contributed by atoms with Crippen LogP contribution in [0.3, 0.4) is 0 Å². The highest BCUT2D eigenvalue weighted by molar-refractivity contribution is 7.45. The molecule has 0 saturated carbocycles. The lowest BCUT2D eigenvalue weighted by atomic mass is 10.0. The second-order valence-corrected chi connectivity index (χ2v) is 25.2. The van der Waals surface area contributed by atoms with E-state index in [4.69, 9.17) is 9.05 Å². The van der Waals surface area contributed by atoms with Crippen LogP contribution < -0.4 is 10.2 Å². The van der Waals surface area contributed by atoms with E-state index in [0.29, 0.717) is 23.9 Å². The van der Waals surface area contributed by atoms with Crippen LogP contribution >= 0.6 is 7.82 Å². The summed E-state index contributed by atoms with van der Waals surface area (Å²) in [6, 6.07) is -0.797. The molecule has 440 valence electrons. The van der Waals surface area contributed by atoms with Crippen molar-refractivity contribution in [2.75, 3.05) is 40.9 Å². The van der Waals surface area contributed by atoms with Gasteiger partial charge in [0.05, 0.1) is 39.9 Å². The van der Waals surface area contributed by atoms with E-state index in [1.165, 1.54) is 263 Å². The summed E-state index contributed by atoms with van der Waals surface area (Å²) in [5.41, 5.74) is 0. The Kier molecular flexibility index (Phi) is 55.9. The van der Waals surface area contributed by atoms with Gasteiger partial charge in [0, 0.05) is 6.42 Å². The lowest BCUT2D eigenvalue weighted by Gasteiger charge is -2.30. The third-order valence-electron chi connectivity index (χ3n) is 15.2. The second kappa shape index (κ2) is 56.7. The molecule has 0 saturated heterocycles. The van der Waals surface area contributed by atoms with Crippen LogP contribution in [0.1, 0.15) is 335 Å². The van der Waals surface area contributed by atoms with Gasteiger partial charge in [-0.15, -0.1) is 0 Å². The molecule has 0 spiro atoms. The Bertz CT molecular complexity index is 1260. The fourth-order valence-corrected chi connectivity index (χ4v) is 10.8. The van der Waals surface area contributed by atoms with Gasteiger partial charge in [-0.05, 0) is 44.9 Å². The zero-order valence-corrected chi connectivity index (χ0v) is 51.2. The van der Waals surface area contributed by atoms with Gasteiger partial charge >= 0.3 is 0 Å². The number of carbonyl (C=O) groups excluding carboxylic acids is 1. The minimum atomic E-state index is -4.57.